The molecule has 1 aromatic heterocycles. The Morgan fingerprint density at radius 3 is 2.20 bits per heavy atom. The molecule has 0 aromatic carbocycles. The number of aromatic hydroxyl groups is 2. The number of nitrogens with one attached hydrogen (secondary N) is 3. The minimum absolute atomic E-state index is 0.275. The zero-order chi connectivity index (χ0) is 19.4. The Bertz CT molecular complexity index is 648. The maximum atomic E-state index is 12.0. The first-order chi connectivity index (χ1) is 11.4. The summed E-state index contributed by atoms with van der Waals surface area (Å²) >= 11 is 0. The van der Waals surface area contributed by atoms with Gasteiger partial charge in [0.25, 0.3) is 0 Å². The number of carbonyl (C=O) groups is 3. The lowest BCUT2D eigenvalue weighted by Crippen LogP contribution is -2.50. The average molecular weight is 357 g/mol. The Hall–Kier alpha value is -2.91. The van der Waals surface area contributed by atoms with Crippen LogP contribution in [0.3, 0.4) is 0 Å². The number of hydrogen-bond donors (Lipinski definition) is 5. The Balaban J connectivity index is 2.53. The van der Waals surface area contributed by atoms with Crippen LogP contribution in [-0.4, -0.2) is 50.9 Å². The van der Waals surface area contributed by atoms with E-state index in [2.05, 4.69) is 15.6 Å². The monoisotopic (exact) mass is 357 g/mol. The topological polar surface area (TPSA) is 150 Å². The van der Waals surface area contributed by atoms with Gasteiger partial charge in [-0.15, -0.1) is 0 Å². The van der Waals surface area contributed by atoms with Gasteiger partial charge in [0, 0.05) is 6.07 Å². The van der Waals surface area contributed by atoms with E-state index in [1.165, 1.54) is 13.8 Å². The predicted molar refractivity (Wildman–Crippen MR) is 86.2 cm³/mol. The smallest absolute Gasteiger partial charge is 0.408 e. The fraction of sp³-hybridized carbons (Fsp3) is 0.533. The molecule has 0 saturated carbocycles. The van der Waals surface area contributed by atoms with Crippen LogP contribution in [0.15, 0.2) is 6.07 Å². The molecule has 2 atom stereocenters. The summed E-state index contributed by atoms with van der Waals surface area (Å²) in [6, 6.07) is -1.00. The lowest BCUT2D eigenvalue weighted by molar-refractivity contribution is -0.139. The van der Waals surface area contributed by atoms with Crippen molar-refractivity contribution in [2.24, 2.45) is 0 Å². The molecule has 1 rings (SSSR count). The summed E-state index contributed by atoms with van der Waals surface area (Å²) < 4.78 is 9.88. The summed E-state index contributed by atoms with van der Waals surface area (Å²) in [6.45, 7) is 7.84. The van der Waals surface area contributed by atoms with Crippen LogP contribution in [0.1, 0.15) is 34.6 Å². The molecule has 0 spiro atoms. The minimum Gasteiger partial charge on any atom is -0.494 e. The van der Waals surface area contributed by atoms with Gasteiger partial charge in [0.1, 0.15) is 17.7 Å². The highest BCUT2D eigenvalue weighted by atomic mass is 16.6. The van der Waals surface area contributed by atoms with Gasteiger partial charge in [0.15, 0.2) is 11.6 Å². The second-order valence-electron chi connectivity index (χ2n) is 6.39. The van der Waals surface area contributed by atoms with Gasteiger partial charge in [-0.1, -0.05) is 0 Å². The molecule has 0 saturated heterocycles. The summed E-state index contributed by atoms with van der Waals surface area (Å²) in [5.74, 6) is -2.68. The first kappa shape index (κ1) is 20.1. The SMILES string of the molecule is C[C@H](NC(=O)OC(C)(C)C)C(=O)N[C@@H](C)C(=O)Oc1cc(O)[nH]c1O. The fourth-order valence-corrected chi connectivity index (χ4v) is 1.63. The molecule has 140 valence electrons. The summed E-state index contributed by atoms with van der Waals surface area (Å²) in [7, 11) is 0. The van der Waals surface area contributed by atoms with Crippen molar-refractivity contribution in [3.05, 3.63) is 6.07 Å². The first-order valence-electron chi connectivity index (χ1n) is 7.51. The maximum Gasteiger partial charge on any atom is 0.408 e. The summed E-state index contributed by atoms with van der Waals surface area (Å²) in [5, 5.41) is 23.2. The van der Waals surface area contributed by atoms with Crippen molar-refractivity contribution < 1.29 is 34.1 Å². The molecule has 0 unspecified atom stereocenters. The fourth-order valence-electron chi connectivity index (χ4n) is 1.63. The molecule has 0 fully saturated rings. The normalized spacial score (nSPS) is 13.5. The van der Waals surface area contributed by atoms with Crippen LogP contribution < -0.4 is 15.4 Å². The van der Waals surface area contributed by atoms with Crippen molar-refractivity contribution in [2.45, 2.75) is 52.3 Å². The molecule has 1 aromatic rings. The molecule has 0 bridgehead atoms. The summed E-state index contributed by atoms with van der Waals surface area (Å²) in [5.41, 5.74) is -0.707. The molecular weight excluding hydrogens is 334 g/mol. The average Bonchev–Trinajstić information content (AvgIpc) is 2.74. The van der Waals surface area contributed by atoms with Crippen LogP contribution in [0.25, 0.3) is 0 Å². The van der Waals surface area contributed by atoms with Crippen LogP contribution in [-0.2, 0) is 14.3 Å². The third-order valence-electron chi connectivity index (χ3n) is 2.80. The molecule has 0 aliphatic carbocycles. The zero-order valence-electron chi connectivity index (χ0n) is 14.7. The largest absolute Gasteiger partial charge is 0.494 e. The Morgan fingerprint density at radius 1 is 1.12 bits per heavy atom. The summed E-state index contributed by atoms with van der Waals surface area (Å²) in [4.78, 5) is 37.6. The zero-order valence-corrected chi connectivity index (χ0v) is 14.7. The molecule has 0 aliphatic rings. The van der Waals surface area contributed by atoms with Crippen molar-refractivity contribution in [2.75, 3.05) is 0 Å². The van der Waals surface area contributed by atoms with Gasteiger partial charge in [-0.3, -0.25) is 9.78 Å². The highest BCUT2D eigenvalue weighted by Crippen LogP contribution is 2.29. The first-order valence-corrected chi connectivity index (χ1v) is 7.51. The Labute approximate surface area is 144 Å². The number of carbonyl (C=O) groups excluding carboxylic acids is 3. The second kappa shape index (κ2) is 7.77. The Morgan fingerprint density at radius 2 is 1.72 bits per heavy atom. The van der Waals surface area contributed by atoms with E-state index in [-0.39, 0.29) is 11.6 Å². The van der Waals surface area contributed by atoms with Crippen LogP contribution >= 0.6 is 0 Å². The highest BCUT2D eigenvalue weighted by molar-refractivity contribution is 5.89. The van der Waals surface area contributed by atoms with Gasteiger partial charge in [-0.2, -0.15) is 0 Å². The van der Waals surface area contributed by atoms with E-state index < -0.39 is 41.5 Å². The molecule has 0 radical (unpaired) electrons. The Kier molecular flexibility index (Phi) is 6.26. The van der Waals surface area contributed by atoms with E-state index in [0.717, 1.165) is 6.07 Å². The lowest BCUT2D eigenvalue weighted by atomic mass is 10.2. The number of H-pyrrole nitrogens is 1. The lowest BCUT2D eigenvalue weighted by Gasteiger charge is -2.22. The molecule has 0 aliphatic heterocycles. The maximum absolute atomic E-state index is 12.0. The van der Waals surface area contributed by atoms with E-state index in [1.54, 1.807) is 20.8 Å². The van der Waals surface area contributed by atoms with Gasteiger partial charge in [-0.05, 0) is 34.6 Å². The van der Waals surface area contributed by atoms with E-state index in [4.69, 9.17) is 14.6 Å². The van der Waals surface area contributed by atoms with Crippen molar-refractivity contribution in [1.29, 1.82) is 0 Å². The molecule has 1 heterocycles. The van der Waals surface area contributed by atoms with Crippen molar-refractivity contribution in [3.8, 4) is 17.5 Å². The van der Waals surface area contributed by atoms with Gasteiger partial charge in [-0.25, -0.2) is 9.59 Å². The molecule has 10 heteroatoms. The number of aromatic amines is 1. The van der Waals surface area contributed by atoms with E-state index in [1.807, 2.05) is 0 Å². The standard InChI is InChI=1S/C15H23N3O7/c1-7(17-14(23)25-15(3,4)5)11(20)16-8(2)13(22)24-9-6-10(19)18-12(9)21/h6-8,18-19,21H,1-5H3,(H,16,20)(H,17,23)/t7-,8-/m0/s1. The number of ether oxygens (including phenoxy) is 2. The number of esters is 1. The van der Waals surface area contributed by atoms with Crippen molar-refractivity contribution in [3.63, 3.8) is 0 Å². The molecule has 25 heavy (non-hydrogen) atoms. The van der Waals surface area contributed by atoms with Crippen LogP contribution in [0.2, 0.25) is 0 Å². The van der Waals surface area contributed by atoms with Crippen LogP contribution in [0.4, 0.5) is 4.79 Å². The van der Waals surface area contributed by atoms with Gasteiger partial charge >= 0.3 is 12.1 Å². The molecule has 2 amide bonds. The third-order valence-corrected chi connectivity index (χ3v) is 2.80. The van der Waals surface area contributed by atoms with E-state index in [0.29, 0.717) is 0 Å². The number of alkyl carbamates (subject to hydrolysis) is 1. The minimum atomic E-state index is -1.06. The van der Waals surface area contributed by atoms with Gasteiger partial charge in [0.2, 0.25) is 11.8 Å². The highest BCUT2D eigenvalue weighted by Gasteiger charge is 2.25. The molecule has 10 nitrogen and oxygen atoms in total. The van der Waals surface area contributed by atoms with Gasteiger partial charge in [0.05, 0.1) is 0 Å². The van der Waals surface area contributed by atoms with E-state index >= 15 is 0 Å². The number of rotatable bonds is 5. The summed E-state index contributed by atoms with van der Waals surface area (Å²) in [6.07, 6.45) is -0.766. The quantitative estimate of drug-likeness (QED) is 0.488. The number of amides is 2. The second-order valence-corrected chi connectivity index (χ2v) is 6.39. The van der Waals surface area contributed by atoms with Crippen molar-refractivity contribution in [1.82, 2.24) is 15.6 Å². The van der Waals surface area contributed by atoms with E-state index in [9.17, 15) is 19.5 Å². The van der Waals surface area contributed by atoms with Crippen molar-refractivity contribution >= 4 is 18.0 Å². The predicted octanol–water partition coefficient (Wildman–Crippen LogP) is 0.749. The number of aromatic nitrogens is 1. The van der Waals surface area contributed by atoms with Crippen LogP contribution in [0.5, 0.6) is 17.5 Å². The van der Waals surface area contributed by atoms with Gasteiger partial charge < -0.3 is 30.3 Å². The molecular formula is C15H23N3O7. The van der Waals surface area contributed by atoms with Crippen LogP contribution in [0, 0.1) is 0 Å². The molecule has 5 N–H and O–H groups in total. The third kappa shape index (κ3) is 6.61. The number of hydrogen-bond acceptors (Lipinski definition) is 7.